The molecular formula is C14H13F2N3O. The number of rotatable bonds is 4. The minimum atomic E-state index is -0.692. The predicted molar refractivity (Wildman–Crippen MR) is 69.7 cm³/mol. The molecule has 6 heteroatoms. The summed E-state index contributed by atoms with van der Waals surface area (Å²) in [7, 11) is 0. The van der Waals surface area contributed by atoms with Crippen LogP contribution in [0.4, 0.5) is 8.78 Å². The lowest BCUT2D eigenvalue weighted by molar-refractivity contribution is 0.0950. The molecule has 0 unspecified atom stereocenters. The Bertz CT molecular complexity index is 632. The van der Waals surface area contributed by atoms with Crippen molar-refractivity contribution in [1.29, 1.82) is 0 Å². The fraction of sp³-hybridized carbons (Fsp3) is 0.143. The van der Waals surface area contributed by atoms with Crippen LogP contribution in [0.3, 0.4) is 0 Å². The maximum atomic E-state index is 13.4. The Kier molecular flexibility index (Phi) is 4.37. The molecule has 104 valence electrons. The monoisotopic (exact) mass is 277 g/mol. The number of carbonyl (C=O) groups is 1. The van der Waals surface area contributed by atoms with E-state index in [2.05, 4.69) is 10.3 Å². The number of nitrogens with two attached hydrogens (primary N) is 1. The van der Waals surface area contributed by atoms with Gasteiger partial charge in [0.2, 0.25) is 0 Å². The van der Waals surface area contributed by atoms with Gasteiger partial charge in [0.1, 0.15) is 11.6 Å². The molecule has 0 bridgehead atoms. The largest absolute Gasteiger partial charge is 0.348 e. The lowest BCUT2D eigenvalue weighted by Crippen LogP contribution is -2.23. The van der Waals surface area contributed by atoms with Gasteiger partial charge in [-0.05, 0) is 18.2 Å². The first-order chi connectivity index (χ1) is 9.60. The van der Waals surface area contributed by atoms with Crippen LogP contribution in [0.1, 0.15) is 21.6 Å². The fourth-order valence-corrected chi connectivity index (χ4v) is 1.67. The second-order valence-electron chi connectivity index (χ2n) is 4.16. The molecule has 0 spiro atoms. The van der Waals surface area contributed by atoms with Gasteiger partial charge in [-0.1, -0.05) is 6.07 Å². The Morgan fingerprint density at radius 3 is 2.75 bits per heavy atom. The second-order valence-corrected chi connectivity index (χ2v) is 4.16. The Morgan fingerprint density at radius 2 is 2.05 bits per heavy atom. The van der Waals surface area contributed by atoms with E-state index in [-0.39, 0.29) is 24.6 Å². The van der Waals surface area contributed by atoms with E-state index < -0.39 is 11.6 Å². The first-order valence-corrected chi connectivity index (χ1v) is 5.97. The lowest BCUT2D eigenvalue weighted by atomic mass is 10.2. The number of benzene rings is 1. The molecule has 0 aliphatic rings. The van der Waals surface area contributed by atoms with E-state index >= 15 is 0 Å². The number of halogens is 2. The van der Waals surface area contributed by atoms with E-state index in [1.807, 2.05) is 0 Å². The van der Waals surface area contributed by atoms with Crippen LogP contribution >= 0.6 is 0 Å². The molecule has 20 heavy (non-hydrogen) atoms. The molecule has 4 nitrogen and oxygen atoms in total. The van der Waals surface area contributed by atoms with Crippen LogP contribution < -0.4 is 11.1 Å². The molecule has 2 aromatic rings. The van der Waals surface area contributed by atoms with E-state index in [1.165, 1.54) is 18.3 Å². The Morgan fingerprint density at radius 1 is 1.25 bits per heavy atom. The Balaban J connectivity index is 2.04. The summed E-state index contributed by atoms with van der Waals surface area (Å²) >= 11 is 0. The minimum absolute atomic E-state index is 0.0226. The molecule has 1 heterocycles. The molecule has 0 saturated heterocycles. The van der Waals surface area contributed by atoms with Crippen LogP contribution in [-0.2, 0) is 13.1 Å². The number of hydrogen-bond acceptors (Lipinski definition) is 3. The zero-order chi connectivity index (χ0) is 14.5. The predicted octanol–water partition coefficient (Wildman–Crippen LogP) is 1.75. The number of hydrogen-bond donors (Lipinski definition) is 2. The molecule has 3 N–H and O–H groups in total. The standard InChI is InChI=1S/C14H13F2N3O/c15-11-2-1-10(13(16)6-11)8-19-14(20)9-3-4-18-12(5-9)7-17/h1-6H,7-8,17H2,(H,19,20). The minimum Gasteiger partial charge on any atom is -0.348 e. The van der Waals surface area contributed by atoms with Crippen molar-refractivity contribution in [2.75, 3.05) is 0 Å². The first kappa shape index (κ1) is 14.1. The average Bonchev–Trinajstić information content (AvgIpc) is 2.46. The maximum Gasteiger partial charge on any atom is 0.251 e. The molecule has 0 aliphatic heterocycles. The Labute approximate surface area is 114 Å². The van der Waals surface area contributed by atoms with Gasteiger partial charge in [0.25, 0.3) is 5.91 Å². The fourth-order valence-electron chi connectivity index (χ4n) is 1.67. The average molecular weight is 277 g/mol. The van der Waals surface area contributed by atoms with Crippen molar-refractivity contribution >= 4 is 5.91 Å². The van der Waals surface area contributed by atoms with Crippen LogP contribution in [0.15, 0.2) is 36.5 Å². The summed E-state index contributed by atoms with van der Waals surface area (Å²) in [5.74, 6) is -1.72. The van der Waals surface area contributed by atoms with Crippen molar-refractivity contribution in [3.05, 3.63) is 65.0 Å². The number of nitrogens with zero attached hydrogens (tertiary/aromatic N) is 1. The lowest BCUT2D eigenvalue weighted by Gasteiger charge is -2.07. The van der Waals surface area contributed by atoms with Gasteiger partial charge in [0, 0.05) is 36.5 Å². The number of amides is 1. The molecule has 1 amide bonds. The number of nitrogens with one attached hydrogen (secondary N) is 1. The van der Waals surface area contributed by atoms with Crippen molar-refractivity contribution in [2.45, 2.75) is 13.1 Å². The van der Waals surface area contributed by atoms with E-state index in [4.69, 9.17) is 5.73 Å². The highest BCUT2D eigenvalue weighted by Gasteiger charge is 2.08. The molecule has 0 atom stereocenters. The van der Waals surface area contributed by atoms with E-state index in [1.54, 1.807) is 6.07 Å². The second kappa shape index (κ2) is 6.21. The summed E-state index contributed by atoms with van der Waals surface area (Å²) < 4.78 is 26.2. The number of aromatic nitrogens is 1. The molecule has 0 aliphatic carbocycles. The third-order valence-electron chi connectivity index (χ3n) is 2.74. The summed E-state index contributed by atoms with van der Waals surface area (Å²) in [4.78, 5) is 15.9. The van der Waals surface area contributed by atoms with Crippen molar-refractivity contribution < 1.29 is 13.6 Å². The summed E-state index contributed by atoms with van der Waals surface area (Å²) in [5, 5.41) is 2.56. The smallest absolute Gasteiger partial charge is 0.251 e. The molecule has 0 saturated carbocycles. The maximum absolute atomic E-state index is 13.4. The summed E-state index contributed by atoms with van der Waals surface area (Å²) in [6.07, 6.45) is 1.48. The van der Waals surface area contributed by atoms with Crippen molar-refractivity contribution in [3.63, 3.8) is 0 Å². The summed E-state index contributed by atoms with van der Waals surface area (Å²) in [6, 6.07) is 6.32. The van der Waals surface area contributed by atoms with Gasteiger partial charge >= 0.3 is 0 Å². The molecule has 0 radical (unpaired) electrons. The number of carbonyl (C=O) groups excluding carboxylic acids is 1. The normalized spacial score (nSPS) is 10.3. The highest BCUT2D eigenvalue weighted by Crippen LogP contribution is 2.09. The van der Waals surface area contributed by atoms with Gasteiger partial charge in [-0.15, -0.1) is 0 Å². The van der Waals surface area contributed by atoms with E-state index in [0.717, 1.165) is 12.1 Å². The number of pyridine rings is 1. The quantitative estimate of drug-likeness (QED) is 0.894. The van der Waals surface area contributed by atoms with Gasteiger partial charge in [-0.3, -0.25) is 9.78 Å². The van der Waals surface area contributed by atoms with E-state index in [9.17, 15) is 13.6 Å². The first-order valence-electron chi connectivity index (χ1n) is 5.97. The van der Waals surface area contributed by atoms with Gasteiger partial charge in [0.15, 0.2) is 0 Å². The molecule has 0 fully saturated rings. The van der Waals surface area contributed by atoms with Crippen LogP contribution in [0.5, 0.6) is 0 Å². The highest BCUT2D eigenvalue weighted by molar-refractivity contribution is 5.94. The molecular weight excluding hydrogens is 264 g/mol. The zero-order valence-electron chi connectivity index (χ0n) is 10.6. The molecule has 1 aromatic carbocycles. The molecule has 2 rings (SSSR count). The third-order valence-corrected chi connectivity index (χ3v) is 2.74. The van der Waals surface area contributed by atoms with Crippen LogP contribution in [-0.4, -0.2) is 10.9 Å². The SMILES string of the molecule is NCc1cc(C(=O)NCc2ccc(F)cc2F)ccn1. The third kappa shape index (κ3) is 3.36. The van der Waals surface area contributed by atoms with Crippen molar-refractivity contribution in [1.82, 2.24) is 10.3 Å². The van der Waals surface area contributed by atoms with Crippen LogP contribution in [0.25, 0.3) is 0 Å². The molecule has 1 aromatic heterocycles. The van der Waals surface area contributed by atoms with Gasteiger partial charge < -0.3 is 11.1 Å². The van der Waals surface area contributed by atoms with Gasteiger partial charge in [0.05, 0.1) is 5.69 Å². The van der Waals surface area contributed by atoms with Crippen LogP contribution in [0.2, 0.25) is 0 Å². The summed E-state index contributed by atoms with van der Waals surface area (Å²) in [6.45, 7) is 0.207. The van der Waals surface area contributed by atoms with E-state index in [0.29, 0.717) is 11.3 Å². The topological polar surface area (TPSA) is 68.0 Å². The van der Waals surface area contributed by atoms with Crippen molar-refractivity contribution in [2.24, 2.45) is 5.73 Å². The highest BCUT2D eigenvalue weighted by atomic mass is 19.1. The van der Waals surface area contributed by atoms with Crippen molar-refractivity contribution in [3.8, 4) is 0 Å². The Hall–Kier alpha value is -2.34. The van der Waals surface area contributed by atoms with Gasteiger partial charge in [-0.2, -0.15) is 0 Å². The zero-order valence-corrected chi connectivity index (χ0v) is 10.6. The van der Waals surface area contributed by atoms with Gasteiger partial charge in [-0.25, -0.2) is 8.78 Å². The van der Waals surface area contributed by atoms with Crippen LogP contribution in [0, 0.1) is 11.6 Å². The summed E-state index contributed by atoms with van der Waals surface area (Å²) in [5.41, 5.74) is 6.63.